The van der Waals surface area contributed by atoms with Crippen LogP contribution < -0.4 is 4.57 Å². The standard InChI is InChI=1S/C38H74N2/c1-5-8-11-13-15-16-17-18-19-20-21-22-23-24-26-28-30-33-37(32-10-7-3)38-39-34-35-40(38)36(4)31-29-27-25-14-12-9-6-2/h34-37H,5-33H2,1-4H3/p+1. The molecule has 0 aliphatic rings. The lowest BCUT2D eigenvalue weighted by Crippen LogP contribution is -2.41. The van der Waals surface area contributed by atoms with Crippen LogP contribution in [-0.4, -0.2) is 4.98 Å². The van der Waals surface area contributed by atoms with E-state index < -0.39 is 0 Å². The van der Waals surface area contributed by atoms with Gasteiger partial charge in [-0.3, -0.25) is 0 Å². The molecule has 1 N–H and O–H groups in total. The fourth-order valence-electron chi connectivity index (χ4n) is 6.59. The van der Waals surface area contributed by atoms with Crippen LogP contribution in [0.25, 0.3) is 0 Å². The first-order chi connectivity index (χ1) is 19.7. The zero-order valence-electron chi connectivity index (χ0n) is 28.3. The van der Waals surface area contributed by atoms with Crippen LogP contribution in [0.15, 0.2) is 12.4 Å². The number of nitrogens with zero attached hydrogens (tertiary/aromatic N) is 1. The van der Waals surface area contributed by atoms with Gasteiger partial charge in [-0.2, -0.15) is 0 Å². The number of imidazole rings is 1. The van der Waals surface area contributed by atoms with E-state index >= 15 is 0 Å². The Bertz CT molecular complexity index is 621. The Morgan fingerprint density at radius 1 is 0.475 bits per heavy atom. The molecule has 1 heterocycles. The van der Waals surface area contributed by atoms with Crippen LogP contribution in [0.1, 0.15) is 232 Å². The van der Waals surface area contributed by atoms with Gasteiger partial charge in [0, 0.05) is 0 Å². The highest BCUT2D eigenvalue weighted by Gasteiger charge is 2.25. The van der Waals surface area contributed by atoms with E-state index in [-0.39, 0.29) is 0 Å². The van der Waals surface area contributed by atoms with E-state index in [1.807, 2.05) is 0 Å². The summed E-state index contributed by atoms with van der Waals surface area (Å²) >= 11 is 0. The van der Waals surface area contributed by atoms with Gasteiger partial charge in [0.25, 0.3) is 5.82 Å². The van der Waals surface area contributed by atoms with Crippen molar-refractivity contribution in [3.8, 4) is 0 Å². The molecule has 2 nitrogen and oxygen atoms in total. The predicted molar refractivity (Wildman–Crippen MR) is 179 cm³/mol. The monoisotopic (exact) mass is 560 g/mol. The van der Waals surface area contributed by atoms with E-state index in [0.717, 1.165) is 0 Å². The van der Waals surface area contributed by atoms with Gasteiger partial charge in [-0.1, -0.05) is 181 Å². The number of aromatic amines is 1. The summed E-state index contributed by atoms with van der Waals surface area (Å²) in [5.41, 5.74) is 0. The van der Waals surface area contributed by atoms with Gasteiger partial charge in [0.1, 0.15) is 12.4 Å². The van der Waals surface area contributed by atoms with Gasteiger partial charge < -0.3 is 0 Å². The minimum Gasteiger partial charge on any atom is -0.247 e. The summed E-state index contributed by atoms with van der Waals surface area (Å²) in [5.74, 6) is 2.23. The van der Waals surface area contributed by atoms with Crippen LogP contribution in [0.4, 0.5) is 0 Å². The quantitative estimate of drug-likeness (QED) is 0.0689. The van der Waals surface area contributed by atoms with Gasteiger partial charge in [0.2, 0.25) is 0 Å². The van der Waals surface area contributed by atoms with Crippen LogP contribution in [0.2, 0.25) is 0 Å². The Hall–Kier alpha value is -0.790. The number of aromatic nitrogens is 2. The first-order valence-electron chi connectivity index (χ1n) is 18.8. The summed E-state index contributed by atoms with van der Waals surface area (Å²) < 4.78 is 2.60. The van der Waals surface area contributed by atoms with Crippen molar-refractivity contribution in [1.82, 2.24) is 4.98 Å². The van der Waals surface area contributed by atoms with E-state index in [2.05, 4.69) is 49.6 Å². The molecule has 2 atom stereocenters. The Balaban J connectivity index is 2.15. The van der Waals surface area contributed by atoms with Gasteiger partial charge in [-0.15, -0.1) is 0 Å². The average molecular weight is 560 g/mol. The second kappa shape index (κ2) is 28.3. The van der Waals surface area contributed by atoms with Gasteiger partial charge in [0.15, 0.2) is 0 Å². The average Bonchev–Trinajstić information content (AvgIpc) is 3.45. The molecule has 0 spiro atoms. The van der Waals surface area contributed by atoms with E-state index in [9.17, 15) is 0 Å². The van der Waals surface area contributed by atoms with Crippen LogP contribution in [0, 0.1) is 0 Å². The van der Waals surface area contributed by atoms with Crippen molar-refractivity contribution in [2.45, 2.75) is 226 Å². The third-order valence-corrected chi connectivity index (χ3v) is 9.39. The molecule has 0 saturated carbocycles. The summed E-state index contributed by atoms with van der Waals surface area (Å²) in [6.07, 6.45) is 45.8. The van der Waals surface area contributed by atoms with Gasteiger partial charge in [-0.05, 0) is 32.6 Å². The maximum atomic E-state index is 3.69. The molecule has 0 saturated heterocycles. The molecule has 40 heavy (non-hydrogen) atoms. The van der Waals surface area contributed by atoms with Gasteiger partial charge in [-0.25, -0.2) is 9.55 Å². The third-order valence-electron chi connectivity index (χ3n) is 9.39. The third kappa shape index (κ3) is 20.1. The normalized spacial score (nSPS) is 13.2. The van der Waals surface area contributed by atoms with Gasteiger partial charge in [0.05, 0.1) is 12.0 Å². The number of H-pyrrole nitrogens is 1. The van der Waals surface area contributed by atoms with Crippen molar-refractivity contribution in [1.29, 1.82) is 0 Å². The molecule has 0 aliphatic heterocycles. The molecule has 0 aromatic carbocycles. The molecule has 236 valence electrons. The fraction of sp³-hybridized carbons (Fsp3) is 0.921. The van der Waals surface area contributed by atoms with E-state index in [4.69, 9.17) is 0 Å². The lowest BCUT2D eigenvalue weighted by molar-refractivity contribution is -0.727. The molecule has 2 heteroatoms. The molecule has 0 aliphatic carbocycles. The van der Waals surface area contributed by atoms with Crippen molar-refractivity contribution in [3.05, 3.63) is 18.2 Å². The molecule has 2 unspecified atom stereocenters. The highest BCUT2D eigenvalue weighted by molar-refractivity contribution is 4.90. The first kappa shape index (κ1) is 37.2. The van der Waals surface area contributed by atoms with E-state index in [1.54, 1.807) is 0 Å². The number of unbranched alkanes of at least 4 members (excludes halogenated alkanes) is 23. The number of hydrogen-bond donors (Lipinski definition) is 1. The molecule has 1 aromatic rings. The maximum absolute atomic E-state index is 3.69. The van der Waals surface area contributed by atoms with Crippen molar-refractivity contribution >= 4 is 0 Å². The first-order valence-corrected chi connectivity index (χ1v) is 18.8. The minimum atomic E-state index is 0.622. The van der Waals surface area contributed by atoms with E-state index in [1.165, 1.54) is 192 Å². The molecule has 0 amide bonds. The highest BCUT2D eigenvalue weighted by atomic mass is 15.1. The Kier molecular flexibility index (Phi) is 26.4. The Morgan fingerprint density at radius 2 is 0.825 bits per heavy atom. The molecular weight excluding hydrogens is 484 g/mol. The Morgan fingerprint density at radius 3 is 1.25 bits per heavy atom. The van der Waals surface area contributed by atoms with Crippen molar-refractivity contribution in [2.24, 2.45) is 0 Å². The Labute approximate surface area is 253 Å². The van der Waals surface area contributed by atoms with Gasteiger partial charge >= 0.3 is 0 Å². The summed E-state index contributed by atoms with van der Waals surface area (Å²) in [5, 5.41) is 0. The second-order valence-corrected chi connectivity index (χ2v) is 13.3. The topological polar surface area (TPSA) is 19.7 Å². The second-order valence-electron chi connectivity index (χ2n) is 13.3. The van der Waals surface area contributed by atoms with Crippen LogP contribution in [-0.2, 0) is 0 Å². The largest absolute Gasteiger partial charge is 0.257 e. The maximum Gasteiger partial charge on any atom is 0.257 e. The number of rotatable bonds is 31. The minimum absolute atomic E-state index is 0.622. The zero-order valence-corrected chi connectivity index (χ0v) is 28.3. The van der Waals surface area contributed by atoms with Crippen LogP contribution in [0.5, 0.6) is 0 Å². The molecule has 1 aromatic heterocycles. The summed E-state index contributed by atoms with van der Waals surface area (Å²) in [6, 6.07) is 0.622. The number of hydrogen-bond acceptors (Lipinski definition) is 0. The highest BCUT2D eigenvalue weighted by Crippen LogP contribution is 2.27. The molecule has 0 radical (unpaired) electrons. The van der Waals surface area contributed by atoms with Crippen molar-refractivity contribution < 1.29 is 4.57 Å². The summed E-state index contributed by atoms with van der Waals surface area (Å²) in [6.45, 7) is 9.41. The molecular formula is C38H75N2+. The SMILES string of the molecule is CCCCCCCCCCCCCCCCCCCC(CCCC)c1[nH]cc[n+]1C(C)CCCCCCCCC. The van der Waals surface area contributed by atoms with Crippen LogP contribution >= 0.6 is 0 Å². The smallest absolute Gasteiger partial charge is 0.247 e. The molecule has 0 fully saturated rings. The fourth-order valence-corrected chi connectivity index (χ4v) is 6.59. The summed E-state index contributed by atoms with van der Waals surface area (Å²) in [7, 11) is 0. The predicted octanol–water partition coefficient (Wildman–Crippen LogP) is 13.3. The summed E-state index contributed by atoms with van der Waals surface area (Å²) in [4.78, 5) is 3.69. The lowest BCUT2D eigenvalue weighted by Gasteiger charge is -2.17. The van der Waals surface area contributed by atoms with Crippen LogP contribution in [0.3, 0.4) is 0 Å². The lowest BCUT2D eigenvalue weighted by atomic mass is 9.93. The number of nitrogens with one attached hydrogen (secondary N) is 1. The zero-order chi connectivity index (χ0) is 28.9. The molecule has 0 bridgehead atoms. The van der Waals surface area contributed by atoms with E-state index in [0.29, 0.717) is 12.0 Å². The van der Waals surface area contributed by atoms with Crippen molar-refractivity contribution in [2.75, 3.05) is 0 Å². The van der Waals surface area contributed by atoms with Crippen molar-refractivity contribution in [3.63, 3.8) is 0 Å². The molecule has 1 rings (SSSR count).